The highest BCUT2D eigenvalue weighted by molar-refractivity contribution is 5.73. The fraction of sp³-hybridized carbons (Fsp3) is 0.500. The van der Waals surface area contributed by atoms with Crippen molar-refractivity contribution in [2.45, 2.75) is 31.1 Å². The van der Waals surface area contributed by atoms with Crippen molar-refractivity contribution in [2.24, 2.45) is 5.73 Å². The Bertz CT molecular complexity index is 722. The van der Waals surface area contributed by atoms with E-state index in [1.165, 1.54) is 0 Å². The highest BCUT2D eigenvalue weighted by Crippen LogP contribution is 2.32. The molecule has 2 heterocycles. The van der Waals surface area contributed by atoms with Crippen LogP contribution in [0.1, 0.15) is 29.4 Å². The van der Waals surface area contributed by atoms with Gasteiger partial charge in [-0.25, -0.2) is 4.79 Å². The Morgan fingerprint density at radius 3 is 2.83 bits per heavy atom. The van der Waals surface area contributed by atoms with Crippen LogP contribution in [0.15, 0.2) is 15.8 Å². The lowest BCUT2D eigenvalue weighted by Crippen LogP contribution is -2.47. The number of nitrogens with zero attached hydrogens (tertiary/aromatic N) is 1. The van der Waals surface area contributed by atoms with Gasteiger partial charge in [0.05, 0.1) is 12.1 Å². The van der Waals surface area contributed by atoms with Gasteiger partial charge in [0.1, 0.15) is 6.23 Å². The third-order valence-electron chi connectivity index (χ3n) is 3.28. The summed E-state index contributed by atoms with van der Waals surface area (Å²) in [5.41, 5.74) is 3.06. The molecule has 11 heteroatoms. The second-order valence-corrected chi connectivity index (χ2v) is 4.86. The van der Waals surface area contributed by atoms with E-state index in [0.717, 1.165) is 10.8 Å². The molecule has 1 fully saturated rings. The number of aldehydes is 1. The first-order valence-corrected chi connectivity index (χ1v) is 6.61. The van der Waals surface area contributed by atoms with Gasteiger partial charge in [-0.1, -0.05) is 0 Å². The summed E-state index contributed by atoms with van der Waals surface area (Å²) in [5, 5.41) is 19.5. The van der Waals surface area contributed by atoms with Gasteiger partial charge in [0.2, 0.25) is 0 Å². The molecule has 2 atom stereocenters. The lowest BCUT2D eigenvalue weighted by atomic mass is 10.2. The number of H-pyrrole nitrogens is 1. The smallest absolute Gasteiger partial charge is 0.352 e. The summed E-state index contributed by atoms with van der Waals surface area (Å²) in [6.45, 7) is -0.554. The molecule has 1 aromatic rings. The van der Waals surface area contributed by atoms with Gasteiger partial charge in [0.25, 0.3) is 5.56 Å². The summed E-state index contributed by atoms with van der Waals surface area (Å²) < 4.78 is 10.6. The van der Waals surface area contributed by atoms with Gasteiger partial charge in [-0.3, -0.25) is 23.9 Å². The van der Waals surface area contributed by atoms with Crippen LogP contribution in [-0.2, 0) is 14.3 Å². The number of aromatic amines is 1. The zero-order chi connectivity index (χ0) is 17.2. The summed E-state index contributed by atoms with van der Waals surface area (Å²) >= 11 is 0. The molecule has 0 spiro atoms. The molecular weight excluding hydrogens is 314 g/mol. The molecule has 11 nitrogen and oxygen atoms in total. The van der Waals surface area contributed by atoms with Crippen molar-refractivity contribution in [3.8, 4) is 0 Å². The van der Waals surface area contributed by atoms with E-state index in [2.05, 4.69) is 4.74 Å². The highest BCUT2D eigenvalue weighted by atomic mass is 16.8. The number of aliphatic hydroxyl groups is 2. The van der Waals surface area contributed by atoms with Crippen LogP contribution in [-0.4, -0.2) is 50.6 Å². The summed E-state index contributed by atoms with van der Waals surface area (Å²) in [7, 11) is 0. The van der Waals surface area contributed by atoms with Crippen molar-refractivity contribution in [1.82, 2.24) is 9.55 Å². The van der Waals surface area contributed by atoms with Crippen LogP contribution in [0.25, 0.3) is 0 Å². The number of esters is 1. The predicted octanol–water partition coefficient (Wildman–Crippen LogP) is -2.83. The molecule has 0 radical (unpaired) electrons. The number of ether oxygens (including phenoxy) is 2. The van der Waals surface area contributed by atoms with Crippen LogP contribution < -0.4 is 17.0 Å². The second kappa shape index (κ2) is 6.42. The van der Waals surface area contributed by atoms with Crippen molar-refractivity contribution in [1.29, 1.82) is 0 Å². The van der Waals surface area contributed by atoms with E-state index >= 15 is 0 Å². The summed E-state index contributed by atoms with van der Waals surface area (Å²) in [6.07, 6.45) is -0.842. The molecule has 0 aliphatic carbocycles. The monoisotopic (exact) mass is 329 g/mol. The zero-order valence-corrected chi connectivity index (χ0v) is 11.8. The molecule has 2 unspecified atom stereocenters. The standard InChI is InChI=1S/C12H15N3O8/c13-3-9(17)23-12(20,21)7-1-2-8(22-7)15-4-6(5-16)10(18)14-11(15)19/h4-5,7-8,20-21H,1-3,13H2,(H,14,18,19). The Labute approximate surface area is 128 Å². The van der Waals surface area contributed by atoms with Gasteiger partial charge in [0, 0.05) is 6.20 Å². The van der Waals surface area contributed by atoms with Gasteiger partial charge in [-0.05, 0) is 12.8 Å². The Kier molecular flexibility index (Phi) is 4.75. The molecule has 126 valence electrons. The Hall–Kier alpha value is -2.34. The summed E-state index contributed by atoms with van der Waals surface area (Å²) in [5.74, 6) is -3.96. The summed E-state index contributed by atoms with van der Waals surface area (Å²) in [4.78, 5) is 46.8. The number of hydrogen-bond donors (Lipinski definition) is 4. The molecule has 0 aromatic carbocycles. The van der Waals surface area contributed by atoms with E-state index in [9.17, 15) is 29.4 Å². The number of carbonyl (C=O) groups excluding carboxylic acids is 2. The minimum absolute atomic E-state index is 0.0392. The fourth-order valence-electron chi connectivity index (χ4n) is 2.17. The van der Waals surface area contributed by atoms with Crippen LogP contribution in [0.5, 0.6) is 0 Å². The first-order chi connectivity index (χ1) is 10.8. The molecule has 23 heavy (non-hydrogen) atoms. The SMILES string of the molecule is NCC(=O)OC(O)(O)C1CCC(n2cc(C=O)c(=O)[nH]c2=O)O1. The van der Waals surface area contributed by atoms with Crippen molar-refractivity contribution in [3.05, 3.63) is 32.6 Å². The first kappa shape index (κ1) is 17.0. The fourth-order valence-corrected chi connectivity index (χ4v) is 2.17. The van der Waals surface area contributed by atoms with E-state index in [1.807, 2.05) is 4.98 Å². The van der Waals surface area contributed by atoms with Crippen LogP contribution in [0, 0.1) is 0 Å². The molecule has 0 bridgehead atoms. The number of carbonyl (C=O) groups is 2. The predicted molar refractivity (Wildman–Crippen MR) is 72.2 cm³/mol. The molecule has 1 aromatic heterocycles. The van der Waals surface area contributed by atoms with E-state index in [-0.39, 0.29) is 24.7 Å². The number of aromatic nitrogens is 2. The van der Waals surface area contributed by atoms with Crippen molar-refractivity contribution >= 4 is 12.3 Å². The minimum atomic E-state index is -2.91. The topological polar surface area (TPSA) is 174 Å². The maximum atomic E-state index is 11.8. The molecule has 1 saturated heterocycles. The molecule has 1 aliphatic rings. The van der Waals surface area contributed by atoms with E-state index in [0.29, 0.717) is 0 Å². The van der Waals surface area contributed by atoms with E-state index in [1.54, 1.807) is 0 Å². The van der Waals surface area contributed by atoms with Gasteiger partial charge < -0.3 is 25.4 Å². The van der Waals surface area contributed by atoms with E-state index < -0.39 is 42.1 Å². The number of hydrogen-bond acceptors (Lipinski definition) is 9. The Morgan fingerprint density at radius 2 is 2.22 bits per heavy atom. The molecule has 2 rings (SSSR count). The Morgan fingerprint density at radius 1 is 1.52 bits per heavy atom. The van der Waals surface area contributed by atoms with Gasteiger partial charge in [0.15, 0.2) is 12.4 Å². The molecular formula is C12H15N3O8. The van der Waals surface area contributed by atoms with Crippen LogP contribution in [0.4, 0.5) is 0 Å². The normalized spacial score (nSPS) is 21.2. The minimum Gasteiger partial charge on any atom is -0.405 e. The lowest BCUT2D eigenvalue weighted by Gasteiger charge is -2.27. The second-order valence-electron chi connectivity index (χ2n) is 4.86. The van der Waals surface area contributed by atoms with Crippen molar-refractivity contribution in [2.75, 3.05) is 6.54 Å². The van der Waals surface area contributed by atoms with Crippen LogP contribution in [0.3, 0.4) is 0 Å². The largest absolute Gasteiger partial charge is 0.405 e. The average Bonchev–Trinajstić information content (AvgIpc) is 2.97. The molecule has 1 aliphatic heterocycles. The third-order valence-corrected chi connectivity index (χ3v) is 3.28. The number of nitrogens with two attached hydrogens (primary N) is 1. The lowest BCUT2D eigenvalue weighted by molar-refractivity contribution is -0.362. The van der Waals surface area contributed by atoms with Crippen LogP contribution in [0.2, 0.25) is 0 Å². The Balaban J connectivity index is 2.20. The third kappa shape index (κ3) is 3.53. The van der Waals surface area contributed by atoms with Gasteiger partial charge in [-0.2, -0.15) is 0 Å². The van der Waals surface area contributed by atoms with Gasteiger partial charge >= 0.3 is 17.6 Å². The van der Waals surface area contributed by atoms with Crippen molar-refractivity contribution in [3.63, 3.8) is 0 Å². The van der Waals surface area contributed by atoms with Crippen molar-refractivity contribution < 1.29 is 29.3 Å². The first-order valence-electron chi connectivity index (χ1n) is 6.61. The highest BCUT2D eigenvalue weighted by Gasteiger charge is 2.45. The van der Waals surface area contributed by atoms with Gasteiger partial charge in [-0.15, -0.1) is 0 Å². The average molecular weight is 329 g/mol. The number of rotatable bonds is 5. The maximum absolute atomic E-state index is 11.8. The maximum Gasteiger partial charge on any atom is 0.352 e. The zero-order valence-electron chi connectivity index (χ0n) is 11.8. The molecule has 0 saturated carbocycles. The van der Waals surface area contributed by atoms with E-state index in [4.69, 9.17) is 10.5 Å². The molecule has 5 N–H and O–H groups in total. The van der Waals surface area contributed by atoms with Crippen LogP contribution >= 0.6 is 0 Å². The number of nitrogens with one attached hydrogen (secondary N) is 1. The molecule has 0 amide bonds. The quantitative estimate of drug-likeness (QED) is 0.252. The summed E-state index contributed by atoms with van der Waals surface area (Å²) in [6, 6.07) is 0.